The van der Waals surface area contributed by atoms with Gasteiger partial charge in [0.2, 0.25) is 0 Å². The summed E-state index contributed by atoms with van der Waals surface area (Å²) in [5.74, 6) is 0.995. The van der Waals surface area contributed by atoms with Gasteiger partial charge in [0.25, 0.3) is 0 Å². The maximum Gasteiger partial charge on any atom is 0.150 e. The molecular weight excluding hydrogens is 416 g/mol. The van der Waals surface area contributed by atoms with Crippen molar-refractivity contribution in [1.29, 1.82) is 0 Å². The summed E-state index contributed by atoms with van der Waals surface area (Å²) < 4.78 is 13.7. The molecule has 2 saturated heterocycles. The van der Waals surface area contributed by atoms with Gasteiger partial charge in [0.1, 0.15) is 17.0 Å². The SMILES string of the molecule is C[C@@H]1COCCN1c1cc(N(C)C2CC2)c2ccnc(-c3ccnn3C3CCCCO3)c2n1. The van der Waals surface area contributed by atoms with E-state index in [1.807, 2.05) is 23.1 Å². The van der Waals surface area contributed by atoms with Crippen LogP contribution in [-0.2, 0) is 9.47 Å². The zero-order valence-electron chi connectivity index (χ0n) is 19.5. The summed E-state index contributed by atoms with van der Waals surface area (Å²) in [4.78, 5) is 14.8. The predicted molar refractivity (Wildman–Crippen MR) is 129 cm³/mol. The molecule has 8 nitrogen and oxygen atoms in total. The summed E-state index contributed by atoms with van der Waals surface area (Å²) in [7, 11) is 2.21. The summed E-state index contributed by atoms with van der Waals surface area (Å²) in [6, 6.07) is 7.28. The van der Waals surface area contributed by atoms with Crippen LogP contribution in [-0.4, -0.2) is 65.2 Å². The van der Waals surface area contributed by atoms with Gasteiger partial charge in [-0.15, -0.1) is 0 Å². The first-order valence-electron chi connectivity index (χ1n) is 12.2. The van der Waals surface area contributed by atoms with Crippen LogP contribution in [0.2, 0.25) is 0 Å². The highest BCUT2D eigenvalue weighted by atomic mass is 16.5. The van der Waals surface area contributed by atoms with Gasteiger partial charge in [-0.25, -0.2) is 9.67 Å². The number of hydrogen-bond donors (Lipinski definition) is 0. The molecular formula is C25H32N6O2. The number of rotatable bonds is 5. The van der Waals surface area contributed by atoms with Gasteiger partial charge in [0.15, 0.2) is 6.23 Å². The highest BCUT2D eigenvalue weighted by Gasteiger charge is 2.30. The number of nitrogens with zero attached hydrogens (tertiary/aromatic N) is 6. The molecule has 0 aromatic carbocycles. The van der Waals surface area contributed by atoms with Gasteiger partial charge in [-0.2, -0.15) is 5.10 Å². The van der Waals surface area contributed by atoms with Crippen LogP contribution in [0.5, 0.6) is 0 Å². The van der Waals surface area contributed by atoms with Crippen molar-refractivity contribution in [3.63, 3.8) is 0 Å². The Morgan fingerprint density at radius 1 is 1.09 bits per heavy atom. The molecule has 1 unspecified atom stereocenters. The number of pyridine rings is 2. The lowest BCUT2D eigenvalue weighted by Crippen LogP contribution is -2.44. The summed E-state index contributed by atoms with van der Waals surface area (Å²) in [5, 5.41) is 5.77. The largest absolute Gasteiger partial charge is 0.377 e. The summed E-state index contributed by atoms with van der Waals surface area (Å²) in [5.41, 5.74) is 3.98. The van der Waals surface area contributed by atoms with E-state index in [-0.39, 0.29) is 12.3 Å². The van der Waals surface area contributed by atoms with Crippen molar-refractivity contribution in [1.82, 2.24) is 19.7 Å². The first-order valence-corrected chi connectivity index (χ1v) is 12.2. The number of ether oxygens (including phenoxy) is 2. The molecule has 3 aromatic rings. The molecule has 3 aliphatic rings. The van der Waals surface area contributed by atoms with Crippen LogP contribution in [0, 0.1) is 0 Å². The molecule has 0 radical (unpaired) electrons. The minimum atomic E-state index is -0.0446. The third-order valence-electron chi connectivity index (χ3n) is 7.17. The molecule has 2 atom stereocenters. The van der Waals surface area contributed by atoms with E-state index < -0.39 is 0 Å². The van der Waals surface area contributed by atoms with Crippen molar-refractivity contribution >= 4 is 22.4 Å². The number of anilines is 2. The zero-order chi connectivity index (χ0) is 22.4. The summed E-state index contributed by atoms with van der Waals surface area (Å²) in [6.45, 7) is 5.27. The average molecular weight is 449 g/mol. The molecule has 0 bridgehead atoms. The Balaban J connectivity index is 1.51. The molecule has 1 aliphatic carbocycles. The van der Waals surface area contributed by atoms with Gasteiger partial charge in [0.05, 0.1) is 24.9 Å². The molecule has 5 heterocycles. The fourth-order valence-corrected chi connectivity index (χ4v) is 5.12. The summed E-state index contributed by atoms with van der Waals surface area (Å²) in [6.07, 6.45) is 9.43. The first kappa shape index (κ1) is 20.9. The highest BCUT2D eigenvalue weighted by molar-refractivity contribution is 6.00. The number of aromatic nitrogens is 4. The van der Waals surface area contributed by atoms with E-state index in [4.69, 9.17) is 19.4 Å². The molecule has 8 heteroatoms. The molecule has 174 valence electrons. The Kier molecular flexibility index (Phi) is 5.42. The zero-order valence-corrected chi connectivity index (χ0v) is 19.5. The molecule has 0 spiro atoms. The van der Waals surface area contributed by atoms with Gasteiger partial charge < -0.3 is 19.3 Å². The van der Waals surface area contributed by atoms with E-state index in [0.717, 1.165) is 73.7 Å². The molecule has 33 heavy (non-hydrogen) atoms. The van der Waals surface area contributed by atoms with E-state index in [1.165, 1.54) is 18.5 Å². The normalized spacial score (nSPS) is 23.8. The molecule has 2 aliphatic heterocycles. The first-order chi connectivity index (χ1) is 16.2. The van der Waals surface area contributed by atoms with Crippen molar-refractivity contribution in [3.05, 3.63) is 30.6 Å². The monoisotopic (exact) mass is 448 g/mol. The second-order valence-corrected chi connectivity index (χ2v) is 9.50. The van der Waals surface area contributed by atoms with Crippen LogP contribution >= 0.6 is 0 Å². The maximum absolute atomic E-state index is 6.05. The minimum absolute atomic E-state index is 0.0446. The van der Waals surface area contributed by atoms with Gasteiger partial charge in [-0.1, -0.05) is 0 Å². The van der Waals surface area contributed by atoms with Crippen LogP contribution in [0.3, 0.4) is 0 Å². The number of morpholine rings is 1. The maximum atomic E-state index is 6.05. The van der Waals surface area contributed by atoms with E-state index in [9.17, 15) is 0 Å². The van der Waals surface area contributed by atoms with E-state index >= 15 is 0 Å². The van der Waals surface area contributed by atoms with Crippen molar-refractivity contribution < 1.29 is 9.47 Å². The van der Waals surface area contributed by atoms with Crippen molar-refractivity contribution in [3.8, 4) is 11.4 Å². The Morgan fingerprint density at radius 2 is 2.00 bits per heavy atom. The number of fused-ring (bicyclic) bond motifs is 1. The van der Waals surface area contributed by atoms with Crippen molar-refractivity contribution in [2.75, 3.05) is 43.2 Å². The second-order valence-electron chi connectivity index (χ2n) is 9.50. The molecule has 3 fully saturated rings. The smallest absolute Gasteiger partial charge is 0.150 e. The summed E-state index contributed by atoms with van der Waals surface area (Å²) >= 11 is 0. The van der Waals surface area contributed by atoms with Crippen LogP contribution in [0.25, 0.3) is 22.3 Å². The Hall–Kier alpha value is -2.71. The Morgan fingerprint density at radius 3 is 2.79 bits per heavy atom. The van der Waals surface area contributed by atoms with E-state index in [0.29, 0.717) is 6.04 Å². The van der Waals surface area contributed by atoms with Crippen LogP contribution in [0.4, 0.5) is 11.5 Å². The van der Waals surface area contributed by atoms with Crippen LogP contribution in [0.15, 0.2) is 30.6 Å². The van der Waals surface area contributed by atoms with Crippen LogP contribution < -0.4 is 9.80 Å². The Bertz CT molecular complexity index is 1140. The average Bonchev–Trinajstić information content (AvgIpc) is 3.60. The van der Waals surface area contributed by atoms with Gasteiger partial charge in [0, 0.05) is 55.8 Å². The number of hydrogen-bond acceptors (Lipinski definition) is 7. The molecule has 1 saturated carbocycles. The fourth-order valence-electron chi connectivity index (χ4n) is 5.12. The van der Waals surface area contributed by atoms with Gasteiger partial charge in [-0.05, 0) is 51.2 Å². The topological polar surface area (TPSA) is 68.5 Å². The molecule has 0 amide bonds. The van der Waals surface area contributed by atoms with E-state index in [1.54, 1.807) is 0 Å². The van der Waals surface area contributed by atoms with Crippen molar-refractivity contribution in [2.24, 2.45) is 0 Å². The standard InChI is InChI=1S/C25H32N6O2/c1-17-16-32-14-12-30(17)22-15-21(29(2)18-6-7-18)19-8-10-26-25(24(19)28-22)20-9-11-27-31(20)23-5-3-4-13-33-23/h8-11,15,17-18,23H,3-7,12-14,16H2,1-2H3/t17-,23?/m1/s1. The van der Waals surface area contributed by atoms with E-state index in [2.05, 4.69) is 41.0 Å². The molecule has 0 N–H and O–H groups in total. The lowest BCUT2D eigenvalue weighted by molar-refractivity contribution is -0.0383. The molecule has 6 rings (SSSR count). The lowest BCUT2D eigenvalue weighted by atomic mass is 10.1. The molecule has 3 aromatic heterocycles. The second kappa shape index (κ2) is 8.57. The highest BCUT2D eigenvalue weighted by Crippen LogP contribution is 2.39. The Labute approximate surface area is 194 Å². The minimum Gasteiger partial charge on any atom is -0.377 e. The predicted octanol–water partition coefficient (Wildman–Crippen LogP) is 4.02. The van der Waals surface area contributed by atoms with Gasteiger partial charge in [-0.3, -0.25) is 4.98 Å². The fraction of sp³-hybridized carbons (Fsp3) is 0.560. The lowest BCUT2D eigenvalue weighted by Gasteiger charge is -2.35. The van der Waals surface area contributed by atoms with Crippen LogP contribution in [0.1, 0.15) is 45.3 Å². The van der Waals surface area contributed by atoms with Gasteiger partial charge >= 0.3 is 0 Å². The third kappa shape index (κ3) is 3.85. The van der Waals surface area contributed by atoms with Crippen molar-refractivity contribution in [2.45, 2.75) is 57.3 Å². The quantitative estimate of drug-likeness (QED) is 0.584. The third-order valence-corrected chi connectivity index (χ3v) is 7.17.